The first-order chi connectivity index (χ1) is 17.6. The van der Waals surface area contributed by atoms with Gasteiger partial charge in [-0.2, -0.15) is 0 Å². The van der Waals surface area contributed by atoms with Crippen LogP contribution in [0.1, 0.15) is 30.9 Å². The highest BCUT2D eigenvalue weighted by Crippen LogP contribution is 2.19. The van der Waals surface area contributed by atoms with E-state index in [0.29, 0.717) is 36.6 Å². The number of aryl methyl sites for hydroxylation is 1. The third-order valence-corrected chi connectivity index (χ3v) is 6.59. The molecule has 0 bridgehead atoms. The monoisotopic (exact) mass is 482 g/mol. The average Bonchev–Trinajstić information content (AvgIpc) is 2.91. The summed E-state index contributed by atoms with van der Waals surface area (Å²) in [6.45, 7) is 3.79. The van der Waals surface area contributed by atoms with Crippen LogP contribution in [-0.2, 0) is 13.0 Å². The summed E-state index contributed by atoms with van der Waals surface area (Å²) >= 11 is 0. The Morgan fingerprint density at radius 3 is 2.56 bits per heavy atom. The molecule has 36 heavy (non-hydrogen) atoms. The van der Waals surface area contributed by atoms with Gasteiger partial charge < -0.3 is 15.5 Å². The maximum atomic E-state index is 13.5. The molecule has 5 rings (SSSR count). The zero-order chi connectivity index (χ0) is 24.9. The number of nitrogens with zero attached hydrogens (tertiary/aromatic N) is 4. The van der Waals surface area contributed by atoms with Crippen molar-refractivity contribution in [2.45, 2.75) is 38.8 Å². The van der Waals surface area contributed by atoms with Crippen LogP contribution < -0.4 is 21.1 Å². The number of amides is 2. The molecule has 1 saturated heterocycles. The number of hydrogen-bond acceptors (Lipinski definition) is 5. The Bertz CT molecular complexity index is 1410. The molecular formula is C28H30N6O2. The van der Waals surface area contributed by atoms with Gasteiger partial charge in [-0.3, -0.25) is 9.36 Å². The van der Waals surface area contributed by atoms with Gasteiger partial charge in [-0.25, -0.2) is 14.8 Å². The van der Waals surface area contributed by atoms with Crippen LogP contribution in [0.4, 0.5) is 16.3 Å². The number of carbonyl (C=O) groups excluding carboxylic acids is 1. The molecule has 1 aliphatic heterocycles. The van der Waals surface area contributed by atoms with E-state index in [9.17, 15) is 9.59 Å². The van der Waals surface area contributed by atoms with Gasteiger partial charge in [0.25, 0.3) is 5.56 Å². The van der Waals surface area contributed by atoms with E-state index in [1.54, 1.807) is 10.8 Å². The van der Waals surface area contributed by atoms with Crippen molar-refractivity contribution >= 4 is 28.7 Å². The molecule has 1 aliphatic rings. The topological polar surface area (TPSA) is 92.2 Å². The lowest BCUT2D eigenvalue weighted by atomic mass is 10.1. The molecule has 2 amide bonds. The van der Waals surface area contributed by atoms with Crippen molar-refractivity contribution in [1.29, 1.82) is 0 Å². The van der Waals surface area contributed by atoms with Crippen LogP contribution in [0.2, 0.25) is 0 Å². The molecule has 2 aromatic heterocycles. The number of hydrogen-bond donors (Lipinski definition) is 2. The standard InChI is InChI=1S/C28H30N6O2/c1-2-20-10-6-11-23(18-20)31-28(36)30-22-13-16-33(17-14-22)26-27(35)34(19-21-8-4-3-5-9-21)25-24(32-26)12-7-15-29-25/h3-12,15,18,22H,2,13-14,16-17,19H2,1H3,(H2,30,31,36). The number of urea groups is 1. The fourth-order valence-electron chi connectivity index (χ4n) is 4.64. The van der Waals surface area contributed by atoms with Gasteiger partial charge in [0.05, 0.1) is 6.54 Å². The quantitative estimate of drug-likeness (QED) is 0.430. The van der Waals surface area contributed by atoms with Gasteiger partial charge >= 0.3 is 6.03 Å². The molecule has 1 fully saturated rings. The van der Waals surface area contributed by atoms with Crippen molar-refractivity contribution in [3.63, 3.8) is 0 Å². The van der Waals surface area contributed by atoms with Crippen LogP contribution in [0.3, 0.4) is 0 Å². The Balaban J connectivity index is 1.29. The number of carbonyl (C=O) groups is 1. The van der Waals surface area contributed by atoms with Gasteiger partial charge in [0.1, 0.15) is 5.52 Å². The Hall–Kier alpha value is -4.20. The fraction of sp³-hybridized carbons (Fsp3) is 0.286. The van der Waals surface area contributed by atoms with E-state index in [1.807, 2.05) is 71.6 Å². The predicted molar refractivity (Wildman–Crippen MR) is 143 cm³/mol. The number of fused-ring (bicyclic) bond motifs is 1. The molecular weight excluding hydrogens is 452 g/mol. The van der Waals surface area contributed by atoms with Gasteiger partial charge in [0.2, 0.25) is 0 Å². The third-order valence-electron chi connectivity index (χ3n) is 6.59. The van der Waals surface area contributed by atoms with Crippen molar-refractivity contribution in [3.8, 4) is 0 Å². The van der Waals surface area contributed by atoms with Crippen LogP contribution in [-0.4, -0.2) is 39.7 Å². The molecule has 3 heterocycles. The molecule has 0 spiro atoms. The summed E-state index contributed by atoms with van der Waals surface area (Å²) in [5.41, 5.74) is 4.12. The Morgan fingerprint density at radius 2 is 1.78 bits per heavy atom. The van der Waals surface area contributed by atoms with E-state index in [4.69, 9.17) is 0 Å². The highest BCUT2D eigenvalue weighted by Gasteiger charge is 2.25. The summed E-state index contributed by atoms with van der Waals surface area (Å²) in [7, 11) is 0. The van der Waals surface area contributed by atoms with E-state index in [-0.39, 0.29) is 17.6 Å². The minimum absolute atomic E-state index is 0.0317. The second kappa shape index (κ2) is 10.6. The van der Waals surface area contributed by atoms with Gasteiger partial charge in [0.15, 0.2) is 11.5 Å². The zero-order valence-electron chi connectivity index (χ0n) is 20.4. The first kappa shape index (κ1) is 23.5. The normalized spacial score (nSPS) is 14.1. The lowest BCUT2D eigenvalue weighted by molar-refractivity contribution is 0.246. The minimum Gasteiger partial charge on any atom is -0.352 e. The molecule has 2 N–H and O–H groups in total. The predicted octanol–water partition coefficient (Wildman–Crippen LogP) is 4.19. The Labute approximate surface area is 210 Å². The van der Waals surface area contributed by atoms with Crippen LogP contribution >= 0.6 is 0 Å². The molecule has 8 heteroatoms. The average molecular weight is 483 g/mol. The van der Waals surface area contributed by atoms with Crippen LogP contribution in [0.25, 0.3) is 11.2 Å². The molecule has 4 aromatic rings. The summed E-state index contributed by atoms with van der Waals surface area (Å²) in [4.78, 5) is 37.2. The first-order valence-corrected chi connectivity index (χ1v) is 12.4. The van der Waals surface area contributed by atoms with Crippen LogP contribution in [0, 0.1) is 0 Å². The van der Waals surface area contributed by atoms with Gasteiger partial charge in [0, 0.05) is 31.0 Å². The van der Waals surface area contributed by atoms with Crippen molar-refractivity contribution in [1.82, 2.24) is 19.9 Å². The molecule has 8 nitrogen and oxygen atoms in total. The van der Waals surface area contributed by atoms with Crippen molar-refractivity contribution in [2.24, 2.45) is 0 Å². The van der Waals surface area contributed by atoms with E-state index >= 15 is 0 Å². The summed E-state index contributed by atoms with van der Waals surface area (Å²) in [5.74, 6) is 0.436. The Morgan fingerprint density at radius 1 is 1.00 bits per heavy atom. The summed E-state index contributed by atoms with van der Waals surface area (Å²) in [5, 5.41) is 6.01. The third kappa shape index (κ3) is 5.22. The number of piperidine rings is 1. The van der Waals surface area contributed by atoms with Crippen LogP contribution in [0.5, 0.6) is 0 Å². The number of benzene rings is 2. The SMILES string of the molecule is CCc1cccc(NC(=O)NC2CCN(c3nc4cccnc4n(Cc4ccccc4)c3=O)CC2)c1. The molecule has 0 radical (unpaired) electrons. The molecule has 0 aliphatic carbocycles. The number of anilines is 2. The van der Waals surface area contributed by atoms with E-state index < -0.39 is 0 Å². The van der Waals surface area contributed by atoms with E-state index in [2.05, 4.69) is 27.5 Å². The number of aromatic nitrogens is 3. The summed E-state index contributed by atoms with van der Waals surface area (Å²) < 4.78 is 1.70. The molecule has 2 aromatic carbocycles. The molecule has 0 atom stereocenters. The number of rotatable bonds is 6. The van der Waals surface area contributed by atoms with Crippen molar-refractivity contribution in [2.75, 3.05) is 23.3 Å². The minimum atomic E-state index is -0.207. The van der Waals surface area contributed by atoms with Crippen LogP contribution in [0.15, 0.2) is 77.7 Å². The maximum Gasteiger partial charge on any atom is 0.319 e. The smallest absolute Gasteiger partial charge is 0.319 e. The second-order valence-electron chi connectivity index (χ2n) is 9.07. The largest absolute Gasteiger partial charge is 0.352 e. The Kier molecular flexibility index (Phi) is 6.93. The molecule has 0 saturated carbocycles. The summed E-state index contributed by atoms with van der Waals surface area (Å²) in [6.07, 6.45) is 4.06. The molecule has 184 valence electrons. The first-order valence-electron chi connectivity index (χ1n) is 12.4. The maximum absolute atomic E-state index is 13.5. The highest BCUT2D eigenvalue weighted by molar-refractivity contribution is 5.89. The summed E-state index contributed by atoms with van der Waals surface area (Å²) in [6, 6.07) is 21.3. The fourth-order valence-corrected chi connectivity index (χ4v) is 4.64. The van der Waals surface area contributed by atoms with Gasteiger partial charge in [-0.1, -0.05) is 49.4 Å². The highest BCUT2D eigenvalue weighted by atomic mass is 16.2. The van der Waals surface area contributed by atoms with Crippen molar-refractivity contribution in [3.05, 3.63) is 94.4 Å². The van der Waals surface area contributed by atoms with E-state index in [1.165, 1.54) is 5.56 Å². The number of nitrogens with one attached hydrogen (secondary N) is 2. The van der Waals surface area contributed by atoms with E-state index in [0.717, 1.165) is 30.5 Å². The van der Waals surface area contributed by atoms with Gasteiger partial charge in [-0.05, 0) is 54.7 Å². The second-order valence-corrected chi connectivity index (χ2v) is 9.07. The number of pyridine rings is 1. The lowest BCUT2D eigenvalue weighted by Gasteiger charge is -2.33. The lowest BCUT2D eigenvalue weighted by Crippen LogP contribution is -2.47. The molecule has 0 unspecified atom stereocenters. The van der Waals surface area contributed by atoms with Gasteiger partial charge in [-0.15, -0.1) is 0 Å². The van der Waals surface area contributed by atoms with Crippen molar-refractivity contribution < 1.29 is 4.79 Å². The zero-order valence-corrected chi connectivity index (χ0v) is 20.4.